The van der Waals surface area contributed by atoms with Gasteiger partial charge in [0.2, 0.25) is 10.0 Å². The molecule has 35 heavy (non-hydrogen) atoms. The summed E-state index contributed by atoms with van der Waals surface area (Å²) >= 11 is 0. The van der Waals surface area contributed by atoms with Gasteiger partial charge < -0.3 is 19.2 Å². The first-order valence-electron chi connectivity index (χ1n) is 9.47. The molecule has 2 aromatic carbocycles. The number of aromatic nitrogens is 1. The second kappa shape index (κ2) is 9.77. The minimum absolute atomic E-state index is 0.0512. The zero-order chi connectivity index (χ0) is 26.0. The molecular weight excluding hydrogens is 505 g/mol. The Morgan fingerprint density at radius 2 is 1.80 bits per heavy atom. The number of hydrogen-bond acceptors (Lipinski definition) is 7. The molecule has 0 aliphatic rings. The summed E-state index contributed by atoms with van der Waals surface area (Å²) in [5.74, 6) is -3.06. The zero-order valence-corrected chi connectivity index (χ0v) is 18.6. The van der Waals surface area contributed by atoms with Crippen molar-refractivity contribution in [3.8, 4) is 17.7 Å². The van der Waals surface area contributed by atoms with E-state index in [4.69, 9.17) is 13.9 Å². The summed E-state index contributed by atoms with van der Waals surface area (Å²) in [6, 6.07) is 4.54. The highest BCUT2D eigenvalue weighted by Crippen LogP contribution is 2.33. The summed E-state index contributed by atoms with van der Waals surface area (Å²) in [6.45, 7) is 1.37. The second-order valence-corrected chi connectivity index (χ2v) is 8.82. The van der Waals surface area contributed by atoms with E-state index < -0.39 is 63.2 Å². The van der Waals surface area contributed by atoms with Gasteiger partial charge in [-0.2, -0.15) is 13.2 Å². The Labute approximate surface area is 194 Å². The van der Waals surface area contributed by atoms with Gasteiger partial charge in [-0.1, -0.05) is 6.07 Å². The molecule has 0 saturated heterocycles. The van der Waals surface area contributed by atoms with Crippen LogP contribution in [0.3, 0.4) is 0 Å². The smallest absolute Gasteiger partial charge is 0.413 e. The Morgan fingerprint density at radius 3 is 2.40 bits per heavy atom. The summed E-state index contributed by atoms with van der Waals surface area (Å²) in [4.78, 5) is 15.7. The van der Waals surface area contributed by atoms with Gasteiger partial charge in [0, 0.05) is 0 Å². The number of anilines is 1. The number of ether oxygens (including phenoxy) is 2. The van der Waals surface area contributed by atoms with E-state index >= 15 is 0 Å². The van der Waals surface area contributed by atoms with Crippen LogP contribution in [0.5, 0.6) is 17.7 Å². The Morgan fingerprint density at radius 1 is 1.14 bits per heavy atom. The van der Waals surface area contributed by atoms with Gasteiger partial charge in [0.15, 0.2) is 17.9 Å². The van der Waals surface area contributed by atoms with Crippen molar-refractivity contribution in [3.05, 3.63) is 65.4 Å². The van der Waals surface area contributed by atoms with Crippen molar-refractivity contribution in [3.63, 3.8) is 0 Å². The molecule has 3 aromatic rings. The van der Waals surface area contributed by atoms with E-state index in [0.717, 1.165) is 36.8 Å². The summed E-state index contributed by atoms with van der Waals surface area (Å²) in [5, 5.41) is 2.27. The van der Waals surface area contributed by atoms with Crippen LogP contribution in [0, 0.1) is 11.6 Å². The lowest BCUT2D eigenvalue weighted by Crippen LogP contribution is -2.29. The van der Waals surface area contributed by atoms with Crippen molar-refractivity contribution >= 4 is 21.8 Å². The Balaban J connectivity index is 1.63. The van der Waals surface area contributed by atoms with E-state index in [0.29, 0.717) is 6.07 Å². The number of benzene rings is 2. The van der Waals surface area contributed by atoms with Crippen molar-refractivity contribution in [1.82, 2.24) is 10.3 Å². The SMILES string of the molecule is CC(NC(=O)Oc1coc(Oc2cccc(C(F)(F)F)c2)n1)c1cc(F)c(NS(C)(=O)=O)c(F)c1. The van der Waals surface area contributed by atoms with Gasteiger partial charge in [0.25, 0.3) is 5.88 Å². The van der Waals surface area contributed by atoms with Gasteiger partial charge in [-0.25, -0.2) is 22.0 Å². The third-order valence-electron chi connectivity index (χ3n) is 4.21. The highest BCUT2D eigenvalue weighted by molar-refractivity contribution is 7.92. The van der Waals surface area contributed by atoms with Gasteiger partial charge >= 0.3 is 18.3 Å². The largest absolute Gasteiger partial charge is 0.416 e. The molecule has 3 rings (SSSR count). The van der Waals surface area contributed by atoms with Crippen LogP contribution in [0.4, 0.5) is 32.4 Å². The molecule has 1 atom stereocenters. The maximum atomic E-state index is 14.1. The fraction of sp³-hybridized carbons (Fsp3) is 0.200. The lowest BCUT2D eigenvalue weighted by Gasteiger charge is -2.15. The number of oxazole rings is 1. The molecule has 0 saturated carbocycles. The zero-order valence-electron chi connectivity index (χ0n) is 17.8. The molecule has 0 radical (unpaired) electrons. The fourth-order valence-corrected chi connectivity index (χ4v) is 3.25. The Bertz CT molecular complexity index is 1320. The van der Waals surface area contributed by atoms with Crippen molar-refractivity contribution in [1.29, 1.82) is 0 Å². The molecule has 1 unspecified atom stereocenters. The van der Waals surface area contributed by atoms with Crippen molar-refractivity contribution in [2.75, 3.05) is 11.0 Å². The lowest BCUT2D eigenvalue weighted by molar-refractivity contribution is -0.137. The van der Waals surface area contributed by atoms with Gasteiger partial charge in [0.05, 0.1) is 17.9 Å². The van der Waals surface area contributed by atoms with Gasteiger partial charge in [0.1, 0.15) is 11.4 Å². The van der Waals surface area contributed by atoms with Crippen LogP contribution in [0.15, 0.2) is 47.1 Å². The average molecular weight is 521 g/mol. The van der Waals surface area contributed by atoms with Gasteiger partial charge in [-0.15, -0.1) is 4.98 Å². The number of carbonyl (C=O) groups is 1. The number of rotatable bonds is 7. The van der Waals surface area contributed by atoms with E-state index in [1.807, 2.05) is 0 Å². The monoisotopic (exact) mass is 521 g/mol. The minimum Gasteiger partial charge on any atom is -0.413 e. The molecule has 0 fully saturated rings. The van der Waals surface area contributed by atoms with Crippen LogP contribution < -0.4 is 19.5 Å². The highest BCUT2D eigenvalue weighted by atomic mass is 32.2. The number of hydrogen-bond donors (Lipinski definition) is 2. The topological polar surface area (TPSA) is 120 Å². The fourth-order valence-electron chi connectivity index (χ4n) is 2.68. The molecule has 2 N–H and O–H groups in total. The number of halogens is 5. The number of amides is 1. The summed E-state index contributed by atoms with van der Waals surface area (Å²) in [7, 11) is -3.93. The number of alkyl halides is 3. The maximum absolute atomic E-state index is 14.1. The van der Waals surface area contributed by atoms with Crippen LogP contribution in [0.25, 0.3) is 0 Å². The van der Waals surface area contributed by atoms with Crippen molar-refractivity contribution < 1.29 is 49.1 Å². The van der Waals surface area contributed by atoms with Gasteiger partial charge in [-0.3, -0.25) is 4.72 Å². The van der Waals surface area contributed by atoms with Gasteiger partial charge in [-0.05, 0) is 42.8 Å². The number of carbonyl (C=O) groups excluding carboxylic acids is 1. The van der Waals surface area contributed by atoms with Crippen molar-refractivity contribution in [2.24, 2.45) is 0 Å². The van der Waals surface area contributed by atoms with E-state index in [1.165, 1.54) is 13.0 Å². The third-order valence-corrected chi connectivity index (χ3v) is 4.79. The highest BCUT2D eigenvalue weighted by Gasteiger charge is 2.30. The third kappa shape index (κ3) is 7.05. The van der Waals surface area contributed by atoms with Crippen LogP contribution >= 0.6 is 0 Å². The molecule has 1 amide bonds. The lowest BCUT2D eigenvalue weighted by atomic mass is 10.1. The predicted octanol–water partition coefficient (Wildman–Crippen LogP) is 4.99. The molecule has 0 aliphatic heterocycles. The van der Waals surface area contributed by atoms with Crippen LogP contribution in [-0.4, -0.2) is 25.8 Å². The number of sulfonamides is 1. The van der Waals surface area contributed by atoms with Crippen LogP contribution in [0.1, 0.15) is 24.1 Å². The van der Waals surface area contributed by atoms with Crippen LogP contribution in [-0.2, 0) is 16.2 Å². The Hall–Kier alpha value is -3.88. The normalized spacial score (nSPS) is 12.7. The first-order chi connectivity index (χ1) is 16.2. The summed E-state index contributed by atoms with van der Waals surface area (Å²) < 4.78 is 106. The number of nitrogens with one attached hydrogen (secondary N) is 2. The molecule has 9 nitrogen and oxygen atoms in total. The Kier molecular flexibility index (Phi) is 7.19. The molecule has 0 aliphatic carbocycles. The molecule has 1 heterocycles. The minimum atomic E-state index is -4.59. The average Bonchev–Trinajstić information content (AvgIpc) is 3.15. The molecule has 0 bridgehead atoms. The predicted molar refractivity (Wildman–Crippen MR) is 110 cm³/mol. The molecule has 0 spiro atoms. The number of nitrogens with zero attached hydrogens (tertiary/aromatic N) is 1. The first-order valence-corrected chi connectivity index (χ1v) is 11.4. The molecule has 15 heteroatoms. The van der Waals surface area contributed by atoms with E-state index in [2.05, 4.69) is 10.3 Å². The first kappa shape index (κ1) is 25.7. The standard InChI is InChI=1S/C20H16F5N3O6S/c1-10(11-6-14(21)17(15(22)7-11)28-35(2,30)31)26-18(29)34-16-9-32-19(27-16)33-13-5-3-4-12(8-13)20(23,24)25/h3-10,28H,1-2H3,(H,26,29). The second-order valence-electron chi connectivity index (χ2n) is 7.07. The van der Waals surface area contributed by atoms with E-state index in [1.54, 1.807) is 4.72 Å². The quantitative estimate of drug-likeness (QED) is 0.421. The summed E-state index contributed by atoms with van der Waals surface area (Å²) in [5.41, 5.74) is -1.88. The summed E-state index contributed by atoms with van der Waals surface area (Å²) in [6.07, 6.45) is -4.65. The van der Waals surface area contributed by atoms with Crippen molar-refractivity contribution in [2.45, 2.75) is 19.1 Å². The molecular formula is C20H16F5N3O6S. The van der Waals surface area contributed by atoms with Crippen LogP contribution in [0.2, 0.25) is 0 Å². The van der Waals surface area contributed by atoms with E-state index in [9.17, 15) is 35.2 Å². The molecule has 1 aromatic heterocycles. The van der Waals surface area contributed by atoms with E-state index in [-0.39, 0.29) is 11.3 Å². The molecule has 188 valence electrons. The maximum Gasteiger partial charge on any atom is 0.416 e.